The lowest BCUT2D eigenvalue weighted by atomic mass is 10.1. The predicted octanol–water partition coefficient (Wildman–Crippen LogP) is 0.676. The number of rotatable bonds is 8. The highest BCUT2D eigenvalue weighted by Crippen LogP contribution is 2.12. The molecule has 0 saturated carbocycles. The van der Waals surface area contributed by atoms with Crippen LogP contribution in [0.4, 0.5) is 0 Å². The monoisotopic (exact) mass is 355 g/mol. The Balaban J connectivity index is 2.41. The lowest BCUT2D eigenvalue weighted by Crippen LogP contribution is -2.52. The first kappa shape index (κ1) is 20.3. The van der Waals surface area contributed by atoms with Gasteiger partial charge in [-0.1, -0.05) is 13.8 Å². The van der Waals surface area contributed by atoms with Crippen LogP contribution in [0.15, 0.2) is 24.3 Å². The van der Waals surface area contributed by atoms with Gasteiger partial charge in [0, 0.05) is 11.6 Å². The molecule has 0 saturated heterocycles. The van der Waals surface area contributed by atoms with Crippen molar-refractivity contribution in [3.05, 3.63) is 29.8 Å². The topological polar surface area (TPSA) is 114 Å². The van der Waals surface area contributed by atoms with E-state index in [2.05, 4.69) is 24.7 Å². The lowest BCUT2D eigenvalue weighted by Gasteiger charge is -2.18. The summed E-state index contributed by atoms with van der Waals surface area (Å²) in [6.07, 6.45) is -0.877. The standard InChI is InChI=1S/C16H25N3O4S/c1-10(2)24-9-8-13(17)14(20)16(22)19-18-15(21)11-4-6-12(23-3)7-5-11/h4-7,10,13-14,20H,8-9,17H2,1-3H3,(H,18,21)(H,19,22)/t13-,14?/m1/s1. The van der Waals surface area contributed by atoms with Gasteiger partial charge in [-0.25, -0.2) is 0 Å². The van der Waals surface area contributed by atoms with Gasteiger partial charge in [-0.2, -0.15) is 11.8 Å². The number of amides is 2. The maximum Gasteiger partial charge on any atom is 0.269 e. The normalized spacial score (nSPS) is 13.2. The number of aliphatic hydroxyl groups excluding tert-OH is 1. The molecule has 0 heterocycles. The molecule has 0 aliphatic rings. The van der Waals surface area contributed by atoms with Crippen molar-refractivity contribution in [1.29, 1.82) is 0 Å². The minimum Gasteiger partial charge on any atom is -0.497 e. The number of benzene rings is 1. The van der Waals surface area contributed by atoms with E-state index in [9.17, 15) is 14.7 Å². The predicted molar refractivity (Wildman–Crippen MR) is 94.8 cm³/mol. The highest BCUT2D eigenvalue weighted by molar-refractivity contribution is 7.99. The third-order valence-corrected chi connectivity index (χ3v) is 4.37. The van der Waals surface area contributed by atoms with Crippen LogP contribution in [0.5, 0.6) is 5.75 Å². The molecule has 2 amide bonds. The molecule has 1 aromatic rings. The summed E-state index contributed by atoms with van der Waals surface area (Å²) in [7, 11) is 1.53. The van der Waals surface area contributed by atoms with Crippen molar-refractivity contribution in [1.82, 2.24) is 10.9 Å². The van der Waals surface area contributed by atoms with Gasteiger partial charge < -0.3 is 15.6 Å². The number of ether oxygens (including phenoxy) is 1. The second kappa shape index (κ2) is 10.2. The van der Waals surface area contributed by atoms with Gasteiger partial charge in [0.2, 0.25) is 0 Å². The minimum absolute atomic E-state index is 0.350. The second-order valence-corrected chi connectivity index (χ2v) is 7.17. The molecule has 24 heavy (non-hydrogen) atoms. The van der Waals surface area contributed by atoms with Gasteiger partial charge in [-0.05, 0) is 41.7 Å². The van der Waals surface area contributed by atoms with Crippen LogP contribution in [-0.2, 0) is 4.79 Å². The molecular weight excluding hydrogens is 330 g/mol. The van der Waals surface area contributed by atoms with E-state index in [1.54, 1.807) is 36.0 Å². The van der Waals surface area contributed by atoms with Crippen molar-refractivity contribution >= 4 is 23.6 Å². The van der Waals surface area contributed by atoms with E-state index >= 15 is 0 Å². The van der Waals surface area contributed by atoms with Crippen molar-refractivity contribution in [2.24, 2.45) is 5.73 Å². The molecule has 134 valence electrons. The molecule has 1 unspecified atom stereocenters. The van der Waals surface area contributed by atoms with Crippen LogP contribution in [0, 0.1) is 0 Å². The van der Waals surface area contributed by atoms with Crippen molar-refractivity contribution in [2.45, 2.75) is 37.7 Å². The number of carbonyl (C=O) groups excluding carboxylic acids is 2. The summed E-state index contributed by atoms with van der Waals surface area (Å²) in [4.78, 5) is 23.7. The third kappa shape index (κ3) is 6.77. The Bertz CT molecular complexity index is 537. The van der Waals surface area contributed by atoms with Crippen LogP contribution >= 0.6 is 11.8 Å². The first-order valence-electron chi connectivity index (χ1n) is 7.64. The number of hydrogen-bond donors (Lipinski definition) is 4. The van der Waals surface area contributed by atoms with E-state index < -0.39 is 24.0 Å². The van der Waals surface area contributed by atoms with E-state index in [-0.39, 0.29) is 0 Å². The lowest BCUT2D eigenvalue weighted by molar-refractivity contribution is -0.131. The minimum atomic E-state index is -1.38. The van der Waals surface area contributed by atoms with Gasteiger partial charge in [-0.3, -0.25) is 20.4 Å². The molecule has 5 N–H and O–H groups in total. The van der Waals surface area contributed by atoms with Gasteiger partial charge in [0.1, 0.15) is 11.9 Å². The quantitative estimate of drug-likeness (QED) is 0.510. The molecule has 0 fully saturated rings. The molecule has 1 rings (SSSR count). The zero-order valence-electron chi connectivity index (χ0n) is 14.1. The Morgan fingerprint density at radius 1 is 1.25 bits per heavy atom. The Hall–Kier alpha value is -1.77. The summed E-state index contributed by atoms with van der Waals surface area (Å²) in [5, 5.41) is 10.4. The number of aliphatic hydroxyl groups is 1. The number of methoxy groups -OCH3 is 1. The summed E-state index contributed by atoms with van der Waals surface area (Å²) in [5.41, 5.74) is 10.6. The summed E-state index contributed by atoms with van der Waals surface area (Å²) in [5.74, 6) is 0.138. The maximum absolute atomic E-state index is 11.9. The zero-order chi connectivity index (χ0) is 18.1. The van der Waals surface area contributed by atoms with E-state index in [1.165, 1.54) is 7.11 Å². The SMILES string of the molecule is COc1ccc(C(=O)NNC(=O)C(O)[C@H](N)CCSC(C)C)cc1. The van der Waals surface area contributed by atoms with Crippen molar-refractivity contribution in [3.63, 3.8) is 0 Å². The average Bonchev–Trinajstić information content (AvgIpc) is 2.58. The number of nitrogens with one attached hydrogen (secondary N) is 2. The Morgan fingerprint density at radius 2 is 1.88 bits per heavy atom. The van der Waals surface area contributed by atoms with Gasteiger partial charge in [-0.15, -0.1) is 0 Å². The second-order valence-electron chi connectivity index (χ2n) is 5.49. The van der Waals surface area contributed by atoms with Crippen molar-refractivity contribution in [3.8, 4) is 5.75 Å². The highest BCUT2D eigenvalue weighted by atomic mass is 32.2. The van der Waals surface area contributed by atoms with Gasteiger partial charge in [0.15, 0.2) is 0 Å². The highest BCUT2D eigenvalue weighted by Gasteiger charge is 2.23. The van der Waals surface area contributed by atoms with Crippen LogP contribution in [0.2, 0.25) is 0 Å². The zero-order valence-corrected chi connectivity index (χ0v) is 14.9. The van der Waals surface area contributed by atoms with Crippen molar-refractivity contribution < 1.29 is 19.4 Å². The number of nitrogens with two attached hydrogens (primary N) is 1. The molecule has 0 radical (unpaired) electrons. The summed E-state index contributed by atoms with van der Waals surface area (Å²) in [6, 6.07) is 5.70. The molecule has 7 nitrogen and oxygen atoms in total. The van der Waals surface area contributed by atoms with E-state index in [4.69, 9.17) is 10.5 Å². The van der Waals surface area contributed by atoms with Crippen LogP contribution in [0.3, 0.4) is 0 Å². The van der Waals surface area contributed by atoms with Crippen LogP contribution in [-0.4, -0.2) is 47.2 Å². The molecule has 0 aromatic heterocycles. The largest absolute Gasteiger partial charge is 0.497 e. The molecule has 0 aliphatic carbocycles. The summed E-state index contributed by atoms with van der Waals surface area (Å²) >= 11 is 1.70. The number of thioether (sulfide) groups is 1. The van der Waals surface area contributed by atoms with Gasteiger partial charge in [0.25, 0.3) is 11.8 Å². The molecule has 1 aromatic carbocycles. The fraction of sp³-hybridized carbons (Fsp3) is 0.500. The smallest absolute Gasteiger partial charge is 0.269 e. The Kier molecular flexibility index (Phi) is 8.59. The number of hydrogen-bond acceptors (Lipinski definition) is 6. The third-order valence-electron chi connectivity index (χ3n) is 3.23. The van der Waals surface area contributed by atoms with Gasteiger partial charge in [0.05, 0.1) is 7.11 Å². The van der Waals surface area contributed by atoms with E-state index in [1.807, 2.05) is 0 Å². The first-order chi connectivity index (χ1) is 11.3. The Labute approximate surface area is 146 Å². The molecule has 2 atom stereocenters. The Morgan fingerprint density at radius 3 is 2.42 bits per heavy atom. The van der Waals surface area contributed by atoms with Gasteiger partial charge >= 0.3 is 0 Å². The maximum atomic E-state index is 11.9. The first-order valence-corrected chi connectivity index (χ1v) is 8.69. The van der Waals surface area contributed by atoms with Crippen molar-refractivity contribution in [2.75, 3.05) is 12.9 Å². The number of hydrazine groups is 1. The van der Waals surface area contributed by atoms with E-state index in [0.717, 1.165) is 5.75 Å². The van der Waals surface area contributed by atoms with Crippen LogP contribution in [0.1, 0.15) is 30.6 Å². The molecular formula is C16H25N3O4S. The molecule has 0 aliphatic heterocycles. The van der Waals surface area contributed by atoms with E-state index in [0.29, 0.717) is 23.0 Å². The fourth-order valence-electron chi connectivity index (χ4n) is 1.80. The summed E-state index contributed by atoms with van der Waals surface area (Å²) in [6.45, 7) is 4.13. The molecule has 0 spiro atoms. The van der Waals surface area contributed by atoms with Crippen LogP contribution in [0.25, 0.3) is 0 Å². The van der Waals surface area contributed by atoms with Crippen LogP contribution < -0.4 is 21.3 Å². The number of carbonyl (C=O) groups is 2. The fourth-order valence-corrected chi connectivity index (χ4v) is 2.68. The molecule has 0 bridgehead atoms. The average molecular weight is 355 g/mol. The summed E-state index contributed by atoms with van der Waals surface area (Å²) < 4.78 is 5.00. The molecule has 8 heteroatoms.